The van der Waals surface area contributed by atoms with E-state index in [0.717, 1.165) is 16.6 Å². The van der Waals surface area contributed by atoms with Gasteiger partial charge in [0.1, 0.15) is 17.4 Å². The molecule has 7 heteroatoms. The van der Waals surface area contributed by atoms with Crippen molar-refractivity contribution in [2.45, 2.75) is 58.3 Å². The first-order chi connectivity index (χ1) is 12.2. The minimum absolute atomic E-state index is 0.270. The van der Waals surface area contributed by atoms with Crippen LogP contribution in [0.25, 0.3) is 11.0 Å². The monoisotopic (exact) mass is 359 g/mol. The van der Waals surface area contributed by atoms with Crippen LogP contribution in [0.15, 0.2) is 24.5 Å². The molecule has 1 aliphatic rings. The maximum Gasteiger partial charge on any atom is 0.410 e. The molecule has 0 aliphatic carbocycles. The van der Waals surface area contributed by atoms with E-state index in [0.29, 0.717) is 19.4 Å². The number of amides is 1. The van der Waals surface area contributed by atoms with Crippen LogP contribution in [0.2, 0.25) is 0 Å². The minimum Gasteiger partial charge on any atom is -0.460 e. The van der Waals surface area contributed by atoms with E-state index in [1.54, 1.807) is 11.1 Å². The quantitative estimate of drug-likeness (QED) is 0.852. The molecule has 1 amide bonds. The molecular formula is C19H25N3O4. The van der Waals surface area contributed by atoms with Crippen LogP contribution in [-0.2, 0) is 20.7 Å². The topological polar surface area (TPSA) is 84.5 Å². The number of hydrogen-bond acceptors (Lipinski definition) is 5. The van der Waals surface area contributed by atoms with Gasteiger partial charge in [-0.1, -0.05) is 0 Å². The zero-order chi connectivity index (χ0) is 18.9. The third-order valence-electron chi connectivity index (χ3n) is 4.40. The first kappa shape index (κ1) is 18.2. The van der Waals surface area contributed by atoms with Crippen molar-refractivity contribution >= 4 is 23.1 Å². The fourth-order valence-electron chi connectivity index (χ4n) is 3.37. The number of pyridine rings is 1. The zero-order valence-corrected chi connectivity index (χ0v) is 15.6. The fraction of sp³-hybridized carbons (Fsp3) is 0.526. The van der Waals surface area contributed by atoms with Crippen molar-refractivity contribution in [2.75, 3.05) is 6.54 Å². The molecule has 1 N–H and O–H groups in total. The molecule has 0 saturated carbocycles. The van der Waals surface area contributed by atoms with E-state index in [1.165, 1.54) is 6.92 Å². The molecule has 140 valence electrons. The van der Waals surface area contributed by atoms with Crippen molar-refractivity contribution in [1.29, 1.82) is 0 Å². The number of esters is 1. The van der Waals surface area contributed by atoms with Gasteiger partial charge in [-0.15, -0.1) is 0 Å². The summed E-state index contributed by atoms with van der Waals surface area (Å²) in [6.45, 7) is 7.40. The summed E-state index contributed by atoms with van der Waals surface area (Å²) < 4.78 is 11.0. The minimum atomic E-state index is -0.578. The number of rotatable bonds is 3. The molecule has 2 atom stereocenters. The van der Waals surface area contributed by atoms with Crippen molar-refractivity contribution < 1.29 is 19.1 Å². The van der Waals surface area contributed by atoms with E-state index >= 15 is 0 Å². The lowest BCUT2D eigenvalue weighted by Gasteiger charge is -2.30. The predicted molar refractivity (Wildman–Crippen MR) is 96.7 cm³/mol. The number of ether oxygens (including phenoxy) is 2. The molecule has 1 fully saturated rings. The smallest absolute Gasteiger partial charge is 0.410 e. The van der Waals surface area contributed by atoms with Crippen LogP contribution in [0, 0.1) is 0 Å². The van der Waals surface area contributed by atoms with Crippen molar-refractivity contribution in [3.8, 4) is 0 Å². The standard InChI is InChI=1S/C19H25N3O4/c1-12(23)25-16-7-9-22(18(24)26-19(2,3)4)15(16)10-13-11-21-17-14(13)6-5-8-20-17/h5-6,8,11,15-16H,7,9-10H2,1-4H3,(H,20,21)/t15-,16+/m1/s1. The van der Waals surface area contributed by atoms with Gasteiger partial charge in [-0.05, 0) is 44.9 Å². The first-order valence-corrected chi connectivity index (χ1v) is 8.82. The van der Waals surface area contributed by atoms with E-state index in [9.17, 15) is 9.59 Å². The Bertz CT molecular complexity index is 808. The highest BCUT2D eigenvalue weighted by Gasteiger charge is 2.41. The van der Waals surface area contributed by atoms with Gasteiger partial charge in [0.15, 0.2) is 0 Å². The Balaban J connectivity index is 1.86. The average molecular weight is 359 g/mol. The molecule has 1 saturated heterocycles. The summed E-state index contributed by atoms with van der Waals surface area (Å²) in [5, 5.41) is 1.00. The number of fused-ring (bicyclic) bond motifs is 1. The molecule has 2 aromatic rings. The summed E-state index contributed by atoms with van der Waals surface area (Å²) in [6, 6.07) is 3.60. The lowest BCUT2D eigenvalue weighted by molar-refractivity contribution is -0.147. The van der Waals surface area contributed by atoms with Gasteiger partial charge in [-0.2, -0.15) is 0 Å². The Labute approximate surface area is 152 Å². The molecule has 0 aromatic carbocycles. The summed E-state index contributed by atoms with van der Waals surface area (Å²) >= 11 is 0. The lowest BCUT2D eigenvalue weighted by Crippen LogP contribution is -2.44. The van der Waals surface area contributed by atoms with Crippen LogP contribution in [0.5, 0.6) is 0 Å². The van der Waals surface area contributed by atoms with Gasteiger partial charge < -0.3 is 19.4 Å². The number of hydrogen-bond donors (Lipinski definition) is 1. The van der Waals surface area contributed by atoms with Crippen LogP contribution >= 0.6 is 0 Å². The number of H-pyrrole nitrogens is 1. The SMILES string of the molecule is CC(=O)O[C@H]1CCN(C(=O)OC(C)(C)C)[C@@H]1Cc1c[nH]c2ncccc12. The van der Waals surface area contributed by atoms with Crippen molar-refractivity contribution in [2.24, 2.45) is 0 Å². The van der Waals surface area contributed by atoms with Crippen LogP contribution < -0.4 is 0 Å². The summed E-state index contributed by atoms with van der Waals surface area (Å²) in [5.74, 6) is -0.341. The molecule has 7 nitrogen and oxygen atoms in total. The molecule has 0 radical (unpaired) electrons. The molecule has 0 spiro atoms. The second-order valence-corrected chi connectivity index (χ2v) is 7.60. The summed E-state index contributed by atoms with van der Waals surface area (Å²) in [5.41, 5.74) is 1.25. The van der Waals surface area contributed by atoms with Gasteiger partial charge >= 0.3 is 12.1 Å². The molecule has 1 aliphatic heterocycles. The number of aromatic amines is 1. The maximum absolute atomic E-state index is 12.6. The second kappa shape index (κ2) is 6.97. The van der Waals surface area contributed by atoms with Gasteiger partial charge in [0.05, 0.1) is 6.04 Å². The Hall–Kier alpha value is -2.57. The molecule has 26 heavy (non-hydrogen) atoms. The number of carbonyl (C=O) groups is 2. The number of likely N-dealkylation sites (tertiary alicyclic amines) is 1. The highest BCUT2D eigenvalue weighted by molar-refractivity contribution is 5.79. The highest BCUT2D eigenvalue weighted by atomic mass is 16.6. The van der Waals surface area contributed by atoms with E-state index in [1.807, 2.05) is 39.1 Å². The summed E-state index contributed by atoms with van der Waals surface area (Å²) in [7, 11) is 0. The van der Waals surface area contributed by atoms with Gasteiger partial charge in [0.25, 0.3) is 0 Å². The zero-order valence-electron chi connectivity index (χ0n) is 15.6. The number of aromatic nitrogens is 2. The fourth-order valence-corrected chi connectivity index (χ4v) is 3.37. The Morgan fingerprint density at radius 3 is 2.85 bits per heavy atom. The third-order valence-corrected chi connectivity index (χ3v) is 4.40. The largest absolute Gasteiger partial charge is 0.460 e. The average Bonchev–Trinajstić information content (AvgIpc) is 3.11. The molecule has 3 heterocycles. The maximum atomic E-state index is 12.6. The van der Waals surface area contributed by atoms with Crippen molar-refractivity contribution in [3.63, 3.8) is 0 Å². The van der Waals surface area contributed by atoms with Crippen LogP contribution in [-0.4, -0.2) is 51.2 Å². The molecular weight excluding hydrogens is 334 g/mol. The van der Waals surface area contributed by atoms with E-state index in [2.05, 4.69) is 9.97 Å². The van der Waals surface area contributed by atoms with Gasteiger partial charge in [0, 0.05) is 37.7 Å². The summed E-state index contributed by atoms with van der Waals surface area (Å²) in [6.07, 6.45) is 4.06. The van der Waals surface area contributed by atoms with E-state index in [-0.39, 0.29) is 24.2 Å². The molecule has 2 aromatic heterocycles. The molecule has 3 rings (SSSR count). The molecule has 0 bridgehead atoms. The highest BCUT2D eigenvalue weighted by Crippen LogP contribution is 2.28. The van der Waals surface area contributed by atoms with Crippen molar-refractivity contribution in [3.05, 3.63) is 30.1 Å². The van der Waals surface area contributed by atoms with Crippen molar-refractivity contribution in [1.82, 2.24) is 14.9 Å². The van der Waals surface area contributed by atoms with E-state index < -0.39 is 5.60 Å². The van der Waals surface area contributed by atoms with Crippen LogP contribution in [0.1, 0.15) is 39.7 Å². The lowest BCUT2D eigenvalue weighted by atomic mass is 10.0. The predicted octanol–water partition coefficient (Wildman–Crippen LogP) is 3.05. The second-order valence-electron chi connectivity index (χ2n) is 7.60. The van der Waals surface area contributed by atoms with Gasteiger partial charge in [-0.3, -0.25) is 4.79 Å². The Kier molecular flexibility index (Phi) is 4.89. The summed E-state index contributed by atoms with van der Waals surface area (Å²) in [4.78, 5) is 33.3. The Morgan fingerprint density at radius 1 is 1.38 bits per heavy atom. The van der Waals surface area contributed by atoms with Gasteiger partial charge in [0.2, 0.25) is 0 Å². The normalized spacial score (nSPS) is 20.4. The number of nitrogens with zero attached hydrogens (tertiary/aromatic N) is 2. The number of nitrogens with one attached hydrogen (secondary N) is 1. The third kappa shape index (κ3) is 3.98. The van der Waals surface area contributed by atoms with Crippen LogP contribution in [0.4, 0.5) is 4.79 Å². The van der Waals surface area contributed by atoms with Crippen LogP contribution in [0.3, 0.4) is 0 Å². The van der Waals surface area contributed by atoms with E-state index in [4.69, 9.17) is 9.47 Å². The van der Waals surface area contributed by atoms with Gasteiger partial charge in [-0.25, -0.2) is 9.78 Å². The first-order valence-electron chi connectivity index (χ1n) is 8.82. The number of carbonyl (C=O) groups excluding carboxylic acids is 2. The Morgan fingerprint density at radius 2 is 2.15 bits per heavy atom. The molecule has 0 unspecified atom stereocenters.